The predicted octanol–water partition coefficient (Wildman–Crippen LogP) is 3.53. The average molecular weight is 487 g/mol. The third-order valence-corrected chi connectivity index (χ3v) is 7.07. The molecule has 1 fully saturated rings. The maximum absolute atomic E-state index is 12.8. The highest BCUT2D eigenvalue weighted by molar-refractivity contribution is 6.45. The van der Waals surface area contributed by atoms with Crippen LogP contribution in [-0.4, -0.2) is 64.5 Å². The van der Waals surface area contributed by atoms with Crippen molar-refractivity contribution in [2.45, 2.75) is 31.9 Å². The Bertz CT molecular complexity index is 1420. The maximum Gasteiger partial charge on any atom is 0.292 e. The van der Waals surface area contributed by atoms with Gasteiger partial charge in [0.15, 0.2) is 0 Å². The number of carbonyl (C=O) groups is 2. The van der Waals surface area contributed by atoms with Gasteiger partial charge in [-0.3, -0.25) is 14.6 Å². The number of aliphatic hydroxyl groups excluding tert-OH is 1. The van der Waals surface area contributed by atoms with Crippen molar-refractivity contribution in [1.29, 1.82) is 0 Å². The molecule has 8 heteroatoms. The lowest BCUT2D eigenvalue weighted by Crippen LogP contribution is -2.47. The van der Waals surface area contributed by atoms with Gasteiger partial charge >= 0.3 is 0 Å². The minimum Gasteiger partial charge on any atom is -0.497 e. The number of hydrogen-bond acceptors (Lipinski definition) is 6. The Morgan fingerprint density at radius 1 is 1.19 bits per heavy atom. The van der Waals surface area contributed by atoms with Crippen molar-refractivity contribution in [2.24, 2.45) is 0 Å². The molecule has 1 atom stereocenters. The van der Waals surface area contributed by atoms with E-state index in [1.807, 2.05) is 49.4 Å². The fourth-order valence-corrected chi connectivity index (χ4v) is 5.03. The van der Waals surface area contributed by atoms with Gasteiger partial charge in [-0.25, -0.2) is 0 Å². The van der Waals surface area contributed by atoms with E-state index in [1.54, 1.807) is 19.5 Å². The number of para-hydroxylation sites is 1. The molecule has 0 bridgehead atoms. The third-order valence-electron chi connectivity index (χ3n) is 7.07. The van der Waals surface area contributed by atoms with Crippen molar-refractivity contribution < 1.29 is 19.4 Å². The number of β-amino-alcohol motifs (C(OH)–C–C–N with tert-alkyl or cyclic N) is 1. The zero-order chi connectivity index (χ0) is 25.2. The first-order valence-corrected chi connectivity index (χ1v) is 12.2. The van der Waals surface area contributed by atoms with E-state index in [-0.39, 0.29) is 6.04 Å². The van der Waals surface area contributed by atoms with Gasteiger partial charge in [-0.1, -0.05) is 18.2 Å². The number of nitrogens with zero attached hydrogens (tertiary/aromatic N) is 2. The quantitative estimate of drug-likeness (QED) is 0.273. The topological polar surface area (TPSA) is 108 Å². The van der Waals surface area contributed by atoms with Crippen LogP contribution in [0.1, 0.15) is 40.4 Å². The Morgan fingerprint density at radius 2 is 2.00 bits per heavy atom. The van der Waals surface area contributed by atoms with Gasteiger partial charge in [0.1, 0.15) is 5.75 Å². The molecule has 1 amide bonds. The molecule has 5 rings (SSSR count). The lowest BCUT2D eigenvalue weighted by atomic mass is 10.0. The Kier molecular flexibility index (Phi) is 6.71. The number of amides is 1. The average Bonchev–Trinajstić information content (AvgIpc) is 3.34. The molecule has 0 saturated carbocycles. The molecule has 1 aliphatic rings. The van der Waals surface area contributed by atoms with E-state index in [1.165, 1.54) is 0 Å². The number of piperidine rings is 1. The third kappa shape index (κ3) is 4.69. The zero-order valence-corrected chi connectivity index (χ0v) is 20.5. The summed E-state index contributed by atoms with van der Waals surface area (Å²) in [7, 11) is 1.62. The van der Waals surface area contributed by atoms with E-state index in [2.05, 4.69) is 20.2 Å². The van der Waals surface area contributed by atoms with E-state index in [4.69, 9.17) is 4.74 Å². The number of aryl methyl sites for hydroxylation is 1. The Morgan fingerprint density at radius 3 is 2.78 bits per heavy atom. The Balaban J connectivity index is 1.18. The zero-order valence-electron chi connectivity index (χ0n) is 20.5. The number of benzene rings is 2. The molecule has 2 aromatic heterocycles. The fraction of sp³-hybridized carbons (Fsp3) is 0.321. The largest absolute Gasteiger partial charge is 0.497 e. The number of hydrogen-bond donors (Lipinski definition) is 3. The highest BCUT2D eigenvalue weighted by atomic mass is 16.5. The van der Waals surface area contributed by atoms with Crippen molar-refractivity contribution in [3.05, 3.63) is 71.5 Å². The van der Waals surface area contributed by atoms with Crippen LogP contribution in [0, 0.1) is 6.92 Å². The number of methoxy groups -OCH3 is 1. The summed E-state index contributed by atoms with van der Waals surface area (Å²) < 4.78 is 5.34. The van der Waals surface area contributed by atoms with E-state index >= 15 is 0 Å². The molecule has 36 heavy (non-hydrogen) atoms. The number of pyridine rings is 1. The number of fused-ring (bicyclic) bond motifs is 2. The molecular formula is C28H30N4O4. The van der Waals surface area contributed by atoms with Gasteiger partial charge in [-0.15, -0.1) is 0 Å². The molecule has 3 N–H and O–H groups in total. The summed E-state index contributed by atoms with van der Waals surface area (Å²) >= 11 is 0. The molecule has 3 heterocycles. The first-order chi connectivity index (χ1) is 17.4. The number of ketones is 1. The van der Waals surface area contributed by atoms with Crippen molar-refractivity contribution in [3.8, 4) is 5.75 Å². The molecule has 0 spiro atoms. The van der Waals surface area contributed by atoms with Gasteiger partial charge < -0.3 is 25.0 Å². The number of rotatable bonds is 7. The van der Waals surface area contributed by atoms with Gasteiger partial charge in [-0.05, 0) is 55.2 Å². The highest BCUT2D eigenvalue weighted by Crippen LogP contribution is 2.28. The second-order valence-corrected chi connectivity index (χ2v) is 9.38. The van der Waals surface area contributed by atoms with Crippen molar-refractivity contribution in [3.63, 3.8) is 0 Å². The highest BCUT2D eigenvalue weighted by Gasteiger charge is 2.27. The Labute approximate surface area is 209 Å². The second-order valence-electron chi connectivity index (χ2n) is 9.38. The normalized spacial score (nSPS) is 15.8. The van der Waals surface area contributed by atoms with Crippen LogP contribution >= 0.6 is 0 Å². The first-order valence-electron chi connectivity index (χ1n) is 12.2. The van der Waals surface area contributed by atoms with E-state index in [0.29, 0.717) is 24.9 Å². The molecule has 2 aromatic carbocycles. The number of aliphatic hydroxyl groups is 1. The number of carbonyl (C=O) groups excluding carboxylic acids is 2. The smallest absolute Gasteiger partial charge is 0.292 e. The first kappa shape index (κ1) is 24.0. The standard InChI is InChI=1S/C28H30N4O4/c1-17-4-3-5-21-23(15-30-26(17)21)27(34)28(35)31-18-9-12-32(13-10-18)16-25(33)20-8-11-29-24-7-6-19(36-2)14-22(20)24/h3-8,11,14-15,18,25,30,33H,9-10,12-13,16H2,1-2H3,(H,31,35)/t25-/m0/s1. The number of nitrogens with one attached hydrogen (secondary N) is 2. The summed E-state index contributed by atoms with van der Waals surface area (Å²) in [6.45, 7) is 3.88. The van der Waals surface area contributed by atoms with Crippen LogP contribution in [0.4, 0.5) is 0 Å². The van der Waals surface area contributed by atoms with Crippen LogP contribution in [0.25, 0.3) is 21.8 Å². The van der Waals surface area contributed by atoms with Crippen LogP contribution in [0.5, 0.6) is 5.75 Å². The van der Waals surface area contributed by atoms with E-state index < -0.39 is 17.8 Å². The van der Waals surface area contributed by atoms with Crippen LogP contribution in [0.15, 0.2) is 54.9 Å². The van der Waals surface area contributed by atoms with Crippen LogP contribution in [-0.2, 0) is 4.79 Å². The molecule has 8 nitrogen and oxygen atoms in total. The summed E-state index contributed by atoms with van der Waals surface area (Å²) in [4.78, 5) is 35.2. The molecule has 0 radical (unpaired) electrons. The molecule has 0 aliphatic carbocycles. The number of aromatic amines is 1. The number of H-pyrrole nitrogens is 1. The molecular weight excluding hydrogens is 456 g/mol. The van der Waals surface area contributed by atoms with E-state index in [0.717, 1.165) is 51.8 Å². The van der Waals surface area contributed by atoms with Gasteiger partial charge in [0.25, 0.3) is 11.7 Å². The summed E-state index contributed by atoms with van der Waals surface area (Å²) in [5, 5.41) is 15.6. The van der Waals surface area contributed by atoms with Crippen molar-refractivity contribution in [2.75, 3.05) is 26.7 Å². The summed E-state index contributed by atoms with van der Waals surface area (Å²) in [6.07, 6.45) is 4.07. The number of likely N-dealkylation sites (tertiary alicyclic amines) is 1. The minimum atomic E-state index is -0.680. The maximum atomic E-state index is 12.8. The summed E-state index contributed by atoms with van der Waals surface area (Å²) in [5.41, 5.74) is 3.92. The predicted molar refractivity (Wildman–Crippen MR) is 138 cm³/mol. The van der Waals surface area contributed by atoms with E-state index in [9.17, 15) is 14.7 Å². The van der Waals surface area contributed by atoms with Gasteiger partial charge in [-0.2, -0.15) is 0 Å². The minimum absolute atomic E-state index is 0.0761. The SMILES string of the molecule is COc1ccc2nccc([C@@H](O)CN3CCC(NC(=O)C(=O)c4c[nH]c5c(C)cccc45)CC3)c2c1. The fourth-order valence-electron chi connectivity index (χ4n) is 5.03. The molecule has 186 valence electrons. The molecule has 0 unspecified atom stereocenters. The lowest BCUT2D eigenvalue weighted by molar-refractivity contribution is -0.118. The monoisotopic (exact) mass is 486 g/mol. The van der Waals surface area contributed by atoms with Crippen molar-refractivity contribution in [1.82, 2.24) is 20.2 Å². The van der Waals surface area contributed by atoms with Crippen molar-refractivity contribution >= 4 is 33.5 Å². The van der Waals surface area contributed by atoms with Gasteiger partial charge in [0, 0.05) is 54.4 Å². The lowest BCUT2D eigenvalue weighted by Gasteiger charge is -2.33. The molecule has 1 aliphatic heterocycles. The van der Waals surface area contributed by atoms with Gasteiger partial charge in [0.2, 0.25) is 0 Å². The summed E-state index contributed by atoms with van der Waals surface area (Å²) in [5.74, 6) is -0.379. The second kappa shape index (κ2) is 10.1. The number of Topliss-reactive ketones (excluding diaryl/α,β-unsaturated/α-hetero) is 1. The van der Waals surface area contributed by atoms with Crippen LogP contribution < -0.4 is 10.1 Å². The van der Waals surface area contributed by atoms with Crippen LogP contribution in [0.2, 0.25) is 0 Å². The molecule has 4 aromatic rings. The van der Waals surface area contributed by atoms with Crippen LogP contribution in [0.3, 0.4) is 0 Å². The summed E-state index contributed by atoms with van der Waals surface area (Å²) in [6, 6.07) is 13.1. The van der Waals surface area contributed by atoms with Gasteiger partial charge in [0.05, 0.1) is 24.3 Å². The Hall–Kier alpha value is -3.75. The number of ether oxygens (including phenoxy) is 1. The molecule has 1 saturated heterocycles. The number of aromatic nitrogens is 2.